The van der Waals surface area contributed by atoms with Crippen LogP contribution in [0.2, 0.25) is 0 Å². The van der Waals surface area contributed by atoms with Crippen LogP contribution in [0.1, 0.15) is 52.6 Å². The van der Waals surface area contributed by atoms with Gasteiger partial charge >= 0.3 is 0 Å². The van der Waals surface area contributed by atoms with E-state index in [1.54, 1.807) is 27.6 Å². The van der Waals surface area contributed by atoms with E-state index in [0.29, 0.717) is 13.0 Å². The normalized spacial score (nSPS) is 15.0. The Bertz CT molecular complexity index is 975. The molecule has 3 aromatic rings. The van der Waals surface area contributed by atoms with Gasteiger partial charge in [0, 0.05) is 15.8 Å². The third-order valence-electron chi connectivity index (χ3n) is 5.79. The van der Waals surface area contributed by atoms with E-state index in [2.05, 4.69) is 5.32 Å². The van der Waals surface area contributed by atoms with Crippen molar-refractivity contribution in [2.75, 3.05) is 0 Å². The Labute approximate surface area is 191 Å². The molecule has 0 aliphatic heterocycles. The number of hydrogen-bond acceptors (Lipinski definition) is 4. The first-order valence-corrected chi connectivity index (χ1v) is 12.6. The van der Waals surface area contributed by atoms with Gasteiger partial charge in [0.1, 0.15) is 6.04 Å². The SMILES string of the molecule is Cc1ccc([C@H](C(=O)NC2CCCC2)N(Cc2cccs2)C(=O)Cc2cccs2)cc1. The summed E-state index contributed by atoms with van der Waals surface area (Å²) in [5.41, 5.74) is 1.99. The van der Waals surface area contributed by atoms with E-state index in [1.165, 1.54) is 0 Å². The topological polar surface area (TPSA) is 49.4 Å². The zero-order chi connectivity index (χ0) is 21.6. The van der Waals surface area contributed by atoms with Gasteiger partial charge in [-0.2, -0.15) is 0 Å². The molecule has 1 N–H and O–H groups in total. The van der Waals surface area contributed by atoms with Gasteiger partial charge in [0.2, 0.25) is 11.8 Å². The summed E-state index contributed by atoms with van der Waals surface area (Å²) in [5, 5.41) is 7.23. The zero-order valence-corrected chi connectivity index (χ0v) is 19.4. The summed E-state index contributed by atoms with van der Waals surface area (Å²) < 4.78 is 0. The van der Waals surface area contributed by atoms with Gasteiger partial charge in [0.15, 0.2) is 0 Å². The summed E-state index contributed by atoms with van der Waals surface area (Å²) >= 11 is 3.19. The van der Waals surface area contributed by atoms with Crippen LogP contribution in [0.5, 0.6) is 0 Å². The number of amides is 2. The van der Waals surface area contributed by atoms with Gasteiger partial charge < -0.3 is 10.2 Å². The molecule has 1 aromatic carbocycles. The lowest BCUT2D eigenvalue weighted by Crippen LogP contribution is -2.46. The van der Waals surface area contributed by atoms with Crippen LogP contribution in [0, 0.1) is 6.92 Å². The third-order valence-corrected chi connectivity index (χ3v) is 7.52. The minimum absolute atomic E-state index is 0.0250. The Morgan fingerprint density at radius 1 is 1.00 bits per heavy atom. The van der Waals surface area contributed by atoms with Crippen LogP contribution in [0.15, 0.2) is 59.3 Å². The van der Waals surface area contributed by atoms with Gasteiger partial charge in [-0.15, -0.1) is 22.7 Å². The molecule has 1 aliphatic rings. The Balaban J connectivity index is 1.67. The van der Waals surface area contributed by atoms with E-state index in [4.69, 9.17) is 0 Å². The molecule has 0 radical (unpaired) electrons. The van der Waals surface area contributed by atoms with Crippen molar-refractivity contribution in [1.82, 2.24) is 10.2 Å². The second-order valence-corrected chi connectivity index (χ2v) is 10.2. The van der Waals surface area contributed by atoms with Crippen molar-refractivity contribution < 1.29 is 9.59 Å². The van der Waals surface area contributed by atoms with E-state index in [1.807, 2.05) is 66.2 Å². The first kappa shape index (κ1) is 21.8. The van der Waals surface area contributed by atoms with E-state index in [-0.39, 0.29) is 17.9 Å². The van der Waals surface area contributed by atoms with Gasteiger partial charge in [-0.3, -0.25) is 9.59 Å². The Morgan fingerprint density at radius 2 is 1.65 bits per heavy atom. The largest absolute Gasteiger partial charge is 0.351 e. The molecule has 1 aliphatic carbocycles. The first-order valence-electron chi connectivity index (χ1n) is 10.8. The molecule has 4 rings (SSSR count). The molecule has 0 spiro atoms. The maximum atomic E-state index is 13.6. The maximum absolute atomic E-state index is 13.6. The van der Waals surface area contributed by atoms with Crippen LogP contribution in [0.3, 0.4) is 0 Å². The maximum Gasteiger partial charge on any atom is 0.247 e. The predicted molar refractivity (Wildman–Crippen MR) is 127 cm³/mol. The number of hydrogen-bond donors (Lipinski definition) is 1. The third kappa shape index (κ3) is 5.63. The predicted octanol–water partition coefficient (Wildman–Crippen LogP) is 5.49. The number of carbonyl (C=O) groups excluding carboxylic acids is 2. The molecule has 31 heavy (non-hydrogen) atoms. The molecule has 0 bridgehead atoms. The fraction of sp³-hybridized carbons (Fsp3) is 0.360. The van der Waals surface area contributed by atoms with E-state index < -0.39 is 6.04 Å². The number of nitrogens with one attached hydrogen (secondary N) is 1. The Hall–Kier alpha value is -2.44. The standard InChI is InChI=1S/C25H28N2O2S2/c1-18-10-12-19(13-11-18)24(25(29)26-20-6-2-3-7-20)27(17-22-9-5-15-31-22)23(28)16-21-8-4-14-30-21/h4-5,8-15,20,24H,2-3,6-7,16-17H2,1H3,(H,26,29)/t24-/m1/s1. The summed E-state index contributed by atoms with van der Waals surface area (Å²) in [6.07, 6.45) is 4.63. The zero-order valence-electron chi connectivity index (χ0n) is 17.8. The van der Waals surface area contributed by atoms with Crippen molar-refractivity contribution in [3.8, 4) is 0 Å². The molecule has 1 fully saturated rings. The molecule has 2 amide bonds. The first-order chi connectivity index (χ1) is 15.1. The Kier molecular flexibility index (Phi) is 7.20. The highest BCUT2D eigenvalue weighted by atomic mass is 32.1. The molecular weight excluding hydrogens is 424 g/mol. The molecule has 6 heteroatoms. The van der Waals surface area contributed by atoms with Crippen molar-refractivity contribution in [2.24, 2.45) is 0 Å². The number of nitrogens with zero attached hydrogens (tertiary/aromatic N) is 1. The molecule has 0 saturated heterocycles. The van der Waals surface area contributed by atoms with Gasteiger partial charge in [-0.25, -0.2) is 0 Å². The van der Waals surface area contributed by atoms with Crippen LogP contribution in [-0.2, 0) is 22.6 Å². The van der Waals surface area contributed by atoms with Gasteiger partial charge in [0.25, 0.3) is 0 Å². The number of carbonyl (C=O) groups is 2. The molecular formula is C25H28N2O2S2. The molecule has 0 unspecified atom stereocenters. The summed E-state index contributed by atoms with van der Waals surface area (Å²) in [6.45, 7) is 2.46. The number of aryl methyl sites for hydroxylation is 1. The molecule has 1 saturated carbocycles. The van der Waals surface area contributed by atoms with E-state index in [0.717, 1.165) is 46.6 Å². The Morgan fingerprint density at radius 3 is 2.26 bits per heavy atom. The monoisotopic (exact) mass is 452 g/mol. The van der Waals surface area contributed by atoms with Gasteiger partial charge in [-0.05, 0) is 48.2 Å². The van der Waals surface area contributed by atoms with Crippen molar-refractivity contribution in [2.45, 2.75) is 57.7 Å². The van der Waals surface area contributed by atoms with Gasteiger partial charge in [0.05, 0.1) is 13.0 Å². The number of benzene rings is 1. The van der Waals surface area contributed by atoms with Crippen LogP contribution in [-0.4, -0.2) is 22.8 Å². The molecule has 1 atom stereocenters. The minimum atomic E-state index is -0.643. The van der Waals surface area contributed by atoms with Crippen molar-refractivity contribution >= 4 is 34.5 Å². The smallest absolute Gasteiger partial charge is 0.247 e. The van der Waals surface area contributed by atoms with Crippen molar-refractivity contribution in [3.05, 3.63) is 80.2 Å². The second kappa shape index (κ2) is 10.2. The van der Waals surface area contributed by atoms with E-state index in [9.17, 15) is 9.59 Å². The van der Waals surface area contributed by atoms with Gasteiger partial charge in [-0.1, -0.05) is 54.8 Å². The molecule has 2 heterocycles. The number of rotatable bonds is 8. The van der Waals surface area contributed by atoms with Crippen LogP contribution >= 0.6 is 22.7 Å². The highest BCUT2D eigenvalue weighted by Crippen LogP contribution is 2.28. The van der Waals surface area contributed by atoms with E-state index >= 15 is 0 Å². The summed E-state index contributed by atoms with van der Waals surface area (Å²) in [6, 6.07) is 15.5. The minimum Gasteiger partial charge on any atom is -0.351 e. The fourth-order valence-corrected chi connectivity index (χ4v) is 5.53. The molecule has 2 aromatic heterocycles. The second-order valence-electron chi connectivity index (χ2n) is 8.16. The summed E-state index contributed by atoms with van der Waals surface area (Å²) in [7, 11) is 0. The highest BCUT2D eigenvalue weighted by Gasteiger charge is 2.33. The summed E-state index contributed by atoms with van der Waals surface area (Å²) in [5.74, 6) is -0.102. The lowest BCUT2D eigenvalue weighted by Gasteiger charge is -2.32. The quantitative estimate of drug-likeness (QED) is 0.491. The summed E-state index contributed by atoms with van der Waals surface area (Å²) in [4.78, 5) is 30.9. The van der Waals surface area contributed by atoms with Crippen LogP contribution < -0.4 is 5.32 Å². The van der Waals surface area contributed by atoms with Crippen LogP contribution in [0.4, 0.5) is 0 Å². The van der Waals surface area contributed by atoms with Crippen molar-refractivity contribution in [1.29, 1.82) is 0 Å². The average Bonchev–Trinajstić information content (AvgIpc) is 3.53. The van der Waals surface area contributed by atoms with Crippen molar-refractivity contribution in [3.63, 3.8) is 0 Å². The lowest BCUT2D eigenvalue weighted by molar-refractivity contribution is -0.141. The lowest BCUT2D eigenvalue weighted by atomic mass is 10.0. The number of thiophene rings is 2. The average molecular weight is 453 g/mol. The van der Waals surface area contributed by atoms with Crippen LogP contribution in [0.25, 0.3) is 0 Å². The molecule has 162 valence electrons. The molecule has 4 nitrogen and oxygen atoms in total. The fourth-order valence-electron chi connectivity index (χ4n) is 4.13. The highest BCUT2D eigenvalue weighted by molar-refractivity contribution is 7.10.